The van der Waals surface area contributed by atoms with E-state index in [1.165, 1.54) is 23.1 Å². The Morgan fingerprint density at radius 3 is 2.63 bits per heavy atom. The fourth-order valence-electron chi connectivity index (χ4n) is 3.63. The van der Waals surface area contributed by atoms with E-state index in [1.807, 2.05) is 24.5 Å². The lowest BCUT2D eigenvalue weighted by atomic mass is 9.87. The Kier molecular flexibility index (Phi) is 5.32. The number of halogens is 1. The zero-order valence-corrected chi connectivity index (χ0v) is 16.9. The van der Waals surface area contributed by atoms with Crippen molar-refractivity contribution in [2.45, 2.75) is 10.5 Å². The van der Waals surface area contributed by atoms with Crippen molar-refractivity contribution in [3.63, 3.8) is 0 Å². The molecule has 0 radical (unpaired) electrons. The zero-order valence-electron chi connectivity index (χ0n) is 16.1. The molecule has 0 bridgehead atoms. The molecule has 2 amide bonds. The highest BCUT2D eigenvalue weighted by Gasteiger charge is 2.51. The van der Waals surface area contributed by atoms with Crippen LogP contribution in [0.4, 0.5) is 15.8 Å². The molecule has 0 aliphatic carbocycles. The molecule has 4 rings (SSSR count). The molecule has 1 aliphatic heterocycles. The first-order valence-corrected chi connectivity index (χ1v) is 10.5. The van der Waals surface area contributed by atoms with Gasteiger partial charge in [0.15, 0.2) is 5.60 Å². The van der Waals surface area contributed by atoms with Crippen molar-refractivity contribution in [3.05, 3.63) is 89.7 Å². The molecule has 7 heteroatoms. The maximum Gasteiger partial charge on any atom is 0.268 e. The summed E-state index contributed by atoms with van der Waals surface area (Å²) in [5.74, 6) is -1.65. The van der Waals surface area contributed by atoms with Crippen LogP contribution in [-0.2, 0) is 15.2 Å². The van der Waals surface area contributed by atoms with Gasteiger partial charge in [0.1, 0.15) is 12.4 Å². The normalized spacial score (nSPS) is 17.7. The Hall–Kier alpha value is -3.16. The number of carbonyl (C=O) groups is 2. The van der Waals surface area contributed by atoms with Gasteiger partial charge in [-0.05, 0) is 42.7 Å². The minimum atomic E-state index is -2.06. The average Bonchev–Trinajstić information content (AvgIpc) is 2.97. The molecule has 0 spiro atoms. The molecule has 2 N–H and O–H groups in total. The minimum Gasteiger partial charge on any atom is -0.372 e. The molecular weight excluding hydrogens is 403 g/mol. The van der Waals surface area contributed by atoms with Crippen LogP contribution in [0.5, 0.6) is 0 Å². The third kappa shape index (κ3) is 3.46. The predicted octanol–water partition coefficient (Wildman–Crippen LogP) is 3.77. The Morgan fingerprint density at radius 1 is 1.10 bits per heavy atom. The van der Waals surface area contributed by atoms with Crippen LogP contribution in [0, 0.1) is 5.82 Å². The monoisotopic (exact) mass is 422 g/mol. The number of fused-ring (bicyclic) bond motifs is 1. The van der Waals surface area contributed by atoms with E-state index < -0.39 is 23.2 Å². The third-order valence-electron chi connectivity index (χ3n) is 5.04. The molecule has 30 heavy (non-hydrogen) atoms. The highest BCUT2D eigenvalue weighted by atomic mass is 32.2. The number of benzene rings is 3. The predicted molar refractivity (Wildman–Crippen MR) is 115 cm³/mol. The lowest BCUT2D eigenvalue weighted by Crippen LogP contribution is -2.44. The number of nitrogens with zero attached hydrogens (tertiary/aromatic N) is 1. The average molecular weight is 422 g/mol. The Morgan fingerprint density at radius 2 is 1.87 bits per heavy atom. The van der Waals surface area contributed by atoms with Gasteiger partial charge in [-0.2, -0.15) is 0 Å². The maximum atomic E-state index is 13.8. The first-order chi connectivity index (χ1) is 14.4. The first kappa shape index (κ1) is 20.1. The number of thioether (sulfide) groups is 1. The van der Waals surface area contributed by atoms with E-state index in [0.29, 0.717) is 16.9 Å². The summed E-state index contributed by atoms with van der Waals surface area (Å²) < 4.78 is 13.8. The molecule has 1 atom stereocenters. The molecule has 1 unspecified atom stereocenters. The Balaban J connectivity index is 1.64. The van der Waals surface area contributed by atoms with Gasteiger partial charge in [-0.3, -0.25) is 14.5 Å². The number of carbonyl (C=O) groups excluding carboxylic acids is 2. The molecule has 3 aromatic carbocycles. The summed E-state index contributed by atoms with van der Waals surface area (Å²) in [5.41, 5.74) is -0.583. The third-order valence-corrected chi connectivity index (χ3v) is 5.76. The smallest absolute Gasteiger partial charge is 0.268 e. The van der Waals surface area contributed by atoms with E-state index in [4.69, 9.17) is 0 Å². The number of amides is 2. The van der Waals surface area contributed by atoms with Crippen molar-refractivity contribution >= 4 is 35.0 Å². The van der Waals surface area contributed by atoms with E-state index in [2.05, 4.69) is 5.32 Å². The topological polar surface area (TPSA) is 69.6 Å². The second kappa shape index (κ2) is 7.93. The van der Waals surface area contributed by atoms with E-state index in [1.54, 1.807) is 42.1 Å². The number of para-hydroxylation sites is 1. The fraction of sp³-hybridized carbons (Fsp3) is 0.130. The van der Waals surface area contributed by atoms with Crippen molar-refractivity contribution in [2.24, 2.45) is 0 Å². The van der Waals surface area contributed by atoms with Gasteiger partial charge in [0.05, 0.1) is 5.69 Å². The van der Waals surface area contributed by atoms with E-state index in [0.717, 1.165) is 11.0 Å². The molecule has 5 nitrogen and oxygen atoms in total. The van der Waals surface area contributed by atoms with E-state index in [-0.39, 0.29) is 12.1 Å². The minimum absolute atomic E-state index is 0.121. The summed E-state index contributed by atoms with van der Waals surface area (Å²) in [7, 11) is 0. The number of nitrogens with one attached hydrogen (secondary N) is 1. The number of aliphatic hydroxyl groups is 1. The van der Waals surface area contributed by atoms with Gasteiger partial charge in [0.25, 0.3) is 5.91 Å². The lowest BCUT2D eigenvalue weighted by Gasteiger charge is -2.23. The van der Waals surface area contributed by atoms with Gasteiger partial charge in [-0.25, -0.2) is 4.39 Å². The highest BCUT2D eigenvalue weighted by molar-refractivity contribution is 7.98. The van der Waals surface area contributed by atoms with Crippen LogP contribution in [0.3, 0.4) is 0 Å². The summed E-state index contributed by atoms with van der Waals surface area (Å²) in [4.78, 5) is 28.2. The SMILES string of the molecule is CSc1cccc(NC(=O)CN2C(=O)C(O)(c3cccc(F)c3)c3ccccc32)c1. The van der Waals surface area contributed by atoms with E-state index >= 15 is 0 Å². The van der Waals surface area contributed by atoms with Gasteiger partial charge in [0.2, 0.25) is 5.91 Å². The summed E-state index contributed by atoms with van der Waals surface area (Å²) >= 11 is 1.55. The number of hydrogen-bond acceptors (Lipinski definition) is 4. The quantitative estimate of drug-likeness (QED) is 0.614. The molecule has 0 saturated carbocycles. The van der Waals surface area contributed by atoms with Crippen molar-refractivity contribution < 1.29 is 19.1 Å². The number of anilines is 2. The van der Waals surface area contributed by atoms with Gasteiger partial charge in [-0.1, -0.05) is 36.4 Å². The van der Waals surface area contributed by atoms with Crippen LogP contribution in [0.25, 0.3) is 0 Å². The van der Waals surface area contributed by atoms with Gasteiger partial charge >= 0.3 is 0 Å². The second-order valence-corrected chi connectivity index (χ2v) is 7.79. The zero-order chi connectivity index (χ0) is 21.3. The molecule has 0 saturated heterocycles. The molecule has 3 aromatic rings. The second-order valence-electron chi connectivity index (χ2n) is 6.91. The van der Waals surface area contributed by atoms with Gasteiger partial charge in [-0.15, -0.1) is 11.8 Å². The van der Waals surface area contributed by atoms with Crippen LogP contribution >= 0.6 is 11.8 Å². The van der Waals surface area contributed by atoms with E-state index in [9.17, 15) is 19.1 Å². The lowest BCUT2D eigenvalue weighted by molar-refractivity contribution is -0.133. The Labute approximate surface area is 177 Å². The summed E-state index contributed by atoms with van der Waals surface area (Å²) in [6.45, 7) is -0.281. The molecule has 0 fully saturated rings. The van der Waals surface area contributed by atoms with Crippen LogP contribution < -0.4 is 10.2 Å². The maximum absolute atomic E-state index is 13.8. The summed E-state index contributed by atoms with van der Waals surface area (Å²) in [6.07, 6.45) is 1.94. The first-order valence-electron chi connectivity index (χ1n) is 9.27. The molecule has 1 heterocycles. The molecular formula is C23H19FN2O3S. The van der Waals surface area contributed by atoms with Crippen molar-refractivity contribution in [1.29, 1.82) is 0 Å². The van der Waals surface area contributed by atoms with Gasteiger partial charge < -0.3 is 10.4 Å². The van der Waals surface area contributed by atoms with Crippen LogP contribution in [-0.4, -0.2) is 29.7 Å². The molecule has 152 valence electrons. The van der Waals surface area contributed by atoms with Gasteiger partial charge in [0, 0.05) is 21.7 Å². The van der Waals surface area contributed by atoms with Crippen LogP contribution in [0.15, 0.2) is 77.7 Å². The molecule has 1 aliphatic rings. The van der Waals surface area contributed by atoms with Crippen LogP contribution in [0.1, 0.15) is 11.1 Å². The van der Waals surface area contributed by atoms with Crippen molar-refractivity contribution in [1.82, 2.24) is 0 Å². The van der Waals surface area contributed by atoms with Crippen molar-refractivity contribution in [2.75, 3.05) is 23.0 Å². The Bertz CT molecular complexity index is 1140. The molecule has 0 aromatic heterocycles. The number of rotatable bonds is 5. The number of hydrogen-bond donors (Lipinski definition) is 2. The van der Waals surface area contributed by atoms with Crippen molar-refractivity contribution in [3.8, 4) is 0 Å². The fourth-order valence-corrected chi connectivity index (χ4v) is 4.09. The summed E-state index contributed by atoms with van der Waals surface area (Å²) in [5, 5.41) is 14.1. The standard InChI is InChI=1S/C23H19FN2O3S/c1-30-18-9-5-8-17(13-18)25-21(27)14-26-20-11-3-2-10-19(20)23(29,22(26)28)15-6-4-7-16(24)12-15/h2-13,29H,14H2,1H3,(H,25,27). The largest absolute Gasteiger partial charge is 0.372 e. The van der Waals surface area contributed by atoms with Crippen LogP contribution in [0.2, 0.25) is 0 Å². The summed E-state index contributed by atoms with van der Waals surface area (Å²) in [6, 6.07) is 19.3. The highest BCUT2D eigenvalue weighted by Crippen LogP contribution is 2.44.